The maximum atomic E-state index is 11.9. The van der Waals surface area contributed by atoms with E-state index >= 15 is 0 Å². The van der Waals surface area contributed by atoms with E-state index in [1.807, 2.05) is 10.8 Å². The summed E-state index contributed by atoms with van der Waals surface area (Å²) in [7, 11) is 0. The first kappa shape index (κ1) is 11.1. The van der Waals surface area contributed by atoms with E-state index in [4.69, 9.17) is 0 Å². The molecule has 0 amide bonds. The lowest BCUT2D eigenvalue weighted by Crippen LogP contribution is -2.02. The Kier molecular flexibility index (Phi) is 2.92. The highest BCUT2D eigenvalue weighted by molar-refractivity contribution is 5.97. The van der Waals surface area contributed by atoms with Gasteiger partial charge >= 0.3 is 0 Å². The SMILES string of the molecule is O=C1CCCCc2cn(Cc3ncccn3)cc21. The first-order valence-electron chi connectivity index (χ1n) is 6.31. The molecule has 0 radical (unpaired) electrons. The van der Waals surface area contributed by atoms with Gasteiger partial charge in [-0.15, -0.1) is 0 Å². The third-order valence-electron chi connectivity index (χ3n) is 3.31. The highest BCUT2D eigenvalue weighted by Crippen LogP contribution is 2.21. The van der Waals surface area contributed by atoms with E-state index < -0.39 is 0 Å². The van der Waals surface area contributed by atoms with Gasteiger partial charge < -0.3 is 4.57 Å². The van der Waals surface area contributed by atoms with Gasteiger partial charge in [0.05, 0.1) is 6.54 Å². The number of aromatic nitrogens is 3. The van der Waals surface area contributed by atoms with Crippen molar-refractivity contribution in [2.45, 2.75) is 32.2 Å². The van der Waals surface area contributed by atoms with Crippen LogP contribution in [0, 0.1) is 0 Å². The normalized spacial score (nSPS) is 15.2. The van der Waals surface area contributed by atoms with Crippen molar-refractivity contribution >= 4 is 5.78 Å². The maximum Gasteiger partial charge on any atom is 0.164 e. The number of Topliss-reactive ketones (excluding diaryl/α,β-unsaturated/α-hetero) is 1. The van der Waals surface area contributed by atoms with Crippen molar-refractivity contribution in [3.05, 3.63) is 47.8 Å². The zero-order chi connectivity index (χ0) is 12.4. The highest BCUT2D eigenvalue weighted by atomic mass is 16.1. The van der Waals surface area contributed by atoms with Crippen LogP contribution in [-0.2, 0) is 13.0 Å². The number of hydrogen-bond acceptors (Lipinski definition) is 3. The molecule has 0 saturated carbocycles. The van der Waals surface area contributed by atoms with Crippen molar-refractivity contribution in [1.29, 1.82) is 0 Å². The Labute approximate surface area is 106 Å². The third kappa shape index (κ3) is 2.18. The van der Waals surface area contributed by atoms with Gasteiger partial charge in [0.1, 0.15) is 5.82 Å². The van der Waals surface area contributed by atoms with Crippen LogP contribution in [0.4, 0.5) is 0 Å². The van der Waals surface area contributed by atoms with Gasteiger partial charge in [-0.3, -0.25) is 4.79 Å². The minimum atomic E-state index is 0.273. The molecule has 0 N–H and O–H groups in total. The van der Waals surface area contributed by atoms with Crippen LogP contribution in [0.5, 0.6) is 0 Å². The molecule has 92 valence electrons. The first-order chi connectivity index (χ1) is 8.83. The summed E-state index contributed by atoms with van der Waals surface area (Å²) >= 11 is 0. The molecule has 2 aromatic heterocycles. The minimum absolute atomic E-state index is 0.273. The maximum absolute atomic E-state index is 11.9. The van der Waals surface area contributed by atoms with Crippen molar-refractivity contribution in [3.63, 3.8) is 0 Å². The van der Waals surface area contributed by atoms with Crippen molar-refractivity contribution in [1.82, 2.24) is 14.5 Å². The summed E-state index contributed by atoms with van der Waals surface area (Å²) in [5, 5.41) is 0. The quantitative estimate of drug-likeness (QED) is 0.757. The summed E-state index contributed by atoms with van der Waals surface area (Å²) in [5.41, 5.74) is 2.07. The van der Waals surface area contributed by atoms with Gasteiger partial charge in [0.2, 0.25) is 0 Å². The van der Waals surface area contributed by atoms with Crippen LogP contribution in [0.1, 0.15) is 41.0 Å². The lowest BCUT2D eigenvalue weighted by Gasteiger charge is -2.01. The lowest BCUT2D eigenvalue weighted by molar-refractivity contribution is 0.0982. The van der Waals surface area contributed by atoms with Gasteiger partial charge in [-0.1, -0.05) is 0 Å². The van der Waals surface area contributed by atoms with E-state index in [9.17, 15) is 4.79 Å². The average Bonchev–Trinajstić information content (AvgIpc) is 2.71. The van der Waals surface area contributed by atoms with Crippen LogP contribution in [0.15, 0.2) is 30.9 Å². The Bertz CT molecular complexity index is 560. The van der Waals surface area contributed by atoms with E-state index in [0.717, 1.165) is 30.7 Å². The summed E-state index contributed by atoms with van der Waals surface area (Å²) in [6, 6.07) is 1.80. The van der Waals surface area contributed by atoms with Gasteiger partial charge in [0.15, 0.2) is 5.78 Å². The second-order valence-corrected chi connectivity index (χ2v) is 4.66. The van der Waals surface area contributed by atoms with Crippen LogP contribution >= 0.6 is 0 Å². The Morgan fingerprint density at radius 3 is 2.72 bits per heavy atom. The molecule has 0 bridgehead atoms. The molecule has 4 heteroatoms. The molecule has 0 fully saturated rings. The molecule has 18 heavy (non-hydrogen) atoms. The molecule has 0 spiro atoms. The van der Waals surface area contributed by atoms with E-state index in [0.29, 0.717) is 13.0 Å². The topological polar surface area (TPSA) is 47.8 Å². The second-order valence-electron chi connectivity index (χ2n) is 4.66. The van der Waals surface area contributed by atoms with Crippen molar-refractivity contribution in [2.75, 3.05) is 0 Å². The second kappa shape index (κ2) is 4.72. The molecule has 2 aromatic rings. The van der Waals surface area contributed by atoms with E-state index in [2.05, 4.69) is 16.2 Å². The molecular formula is C14H15N3O. The number of rotatable bonds is 2. The Hall–Kier alpha value is -1.97. The van der Waals surface area contributed by atoms with Gasteiger partial charge in [-0.25, -0.2) is 9.97 Å². The van der Waals surface area contributed by atoms with E-state index in [-0.39, 0.29) is 5.78 Å². The van der Waals surface area contributed by atoms with Crippen molar-refractivity contribution in [3.8, 4) is 0 Å². The molecule has 3 rings (SSSR count). The summed E-state index contributed by atoms with van der Waals surface area (Å²) in [6.45, 7) is 0.626. The van der Waals surface area contributed by atoms with Crippen LogP contribution in [0.2, 0.25) is 0 Å². The fraction of sp³-hybridized carbons (Fsp3) is 0.357. The number of fused-ring (bicyclic) bond motifs is 1. The number of ketones is 1. The molecule has 0 aromatic carbocycles. The Morgan fingerprint density at radius 1 is 1.11 bits per heavy atom. The largest absolute Gasteiger partial charge is 0.346 e. The molecular weight excluding hydrogens is 226 g/mol. The number of carbonyl (C=O) groups excluding carboxylic acids is 1. The Morgan fingerprint density at radius 2 is 1.89 bits per heavy atom. The smallest absolute Gasteiger partial charge is 0.164 e. The van der Waals surface area contributed by atoms with Gasteiger partial charge in [-0.2, -0.15) is 0 Å². The molecule has 0 saturated heterocycles. The fourth-order valence-electron chi connectivity index (χ4n) is 2.41. The average molecular weight is 241 g/mol. The number of nitrogens with zero attached hydrogens (tertiary/aromatic N) is 3. The van der Waals surface area contributed by atoms with Crippen LogP contribution in [-0.4, -0.2) is 20.3 Å². The van der Waals surface area contributed by atoms with Crippen molar-refractivity contribution < 1.29 is 4.79 Å². The van der Waals surface area contributed by atoms with Crippen LogP contribution < -0.4 is 0 Å². The summed E-state index contributed by atoms with van der Waals surface area (Å²) < 4.78 is 2.02. The van der Waals surface area contributed by atoms with Crippen LogP contribution in [0.3, 0.4) is 0 Å². The number of carbonyl (C=O) groups is 1. The predicted octanol–water partition coefficient (Wildman–Crippen LogP) is 2.24. The molecule has 0 aliphatic heterocycles. The molecule has 0 atom stereocenters. The molecule has 1 aliphatic carbocycles. The third-order valence-corrected chi connectivity index (χ3v) is 3.31. The minimum Gasteiger partial charge on any atom is -0.346 e. The molecule has 4 nitrogen and oxygen atoms in total. The standard InChI is InChI=1S/C14H15N3O/c18-13-5-2-1-4-11-8-17(9-12(11)13)10-14-15-6-3-7-16-14/h3,6-9H,1-2,4-5,10H2. The van der Waals surface area contributed by atoms with Gasteiger partial charge in [0, 0.05) is 36.8 Å². The summed E-state index contributed by atoms with van der Waals surface area (Å²) in [5.74, 6) is 1.05. The highest BCUT2D eigenvalue weighted by Gasteiger charge is 2.17. The predicted molar refractivity (Wildman–Crippen MR) is 67.5 cm³/mol. The first-order valence-corrected chi connectivity index (χ1v) is 6.31. The lowest BCUT2D eigenvalue weighted by atomic mass is 10.1. The van der Waals surface area contributed by atoms with Gasteiger partial charge in [0.25, 0.3) is 0 Å². The van der Waals surface area contributed by atoms with E-state index in [1.165, 1.54) is 5.56 Å². The molecule has 0 unspecified atom stereocenters. The van der Waals surface area contributed by atoms with Gasteiger partial charge in [-0.05, 0) is 30.9 Å². The zero-order valence-corrected chi connectivity index (χ0v) is 10.2. The van der Waals surface area contributed by atoms with Crippen LogP contribution in [0.25, 0.3) is 0 Å². The summed E-state index contributed by atoms with van der Waals surface area (Å²) in [6.07, 6.45) is 11.3. The molecule has 1 aliphatic rings. The zero-order valence-electron chi connectivity index (χ0n) is 10.2. The van der Waals surface area contributed by atoms with E-state index in [1.54, 1.807) is 18.5 Å². The monoisotopic (exact) mass is 241 g/mol. The Balaban J connectivity index is 1.87. The summed E-state index contributed by atoms with van der Waals surface area (Å²) in [4.78, 5) is 20.3. The number of hydrogen-bond donors (Lipinski definition) is 0. The molecule has 2 heterocycles. The van der Waals surface area contributed by atoms with Crippen molar-refractivity contribution in [2.24, 2.45) is 0 Å². The fourth-order valence-corrected chi connectivity index (χ4v) is 2.41. The number of aryl methyl sites for hydroxylation is 1.